The molecule has 6 heterocycles. The minimum Gasteiger partial charge on any atom is -0.491 e. The zero-order valence-corrected chi connectivity index (χ0v) is 27.1. The van der Waals surface area contributed by atoms with Crippen LogP contribution in [0.15, 0.2) is 12.1 Å². The molecular formula is C33H29ClF3N7O3S. The molecule has 0 amide bonds. The van der Waals surface area contributed by atoms with Crippen LogP contribution in [-0.2, 0) is 4.74 Å². The van der Waals surface area contributed by atoms with Gasteiger partial charge in [0.25, 0.3) is 0 Å². The third kappa shape index (κ3) is 4.72. The Labute approximate surface area is 282 Å². The fourth-order valence-electron chi connectivity index (χ4n) is 7.92. The Morgan fingerprint density at radius 2 is 2.04 bits per heavy atom. The number of nitriles is 2. The van der Waals surface area contributed by atoms with Gasteiger partial charge in [-0.05, 0) is 31.0 Å². The predicted molar refractivity (Wildman–Crippen MR) is 174 cm³/mol. The van der Waals surface area contributed by atoms with Crippen LogP contribution in [0.4, 0.5) is 24.0 Å². The number of halogens is 4. The highest BCUT2D eigenvalue weighted by Gasteiger charge is 2.49. The van der Waals surface area contributed by atoms with Gasteiger partial charge in [-0.2, -0.15) is 20.5 Å². The molecule has 248 valence electrons. The predicted octanol–water partition coefficient (Wildman–Crippen LogP) is 5.98. The Morgan fingerprint density at radius 3 is 2.85 bits per heavy atom. The Balaban J connectivity index is 1.37. The first-order chi connectivity index (χ1) is 23.2. The maximum absolute atomic E-state index is 17.2. The van der Waals surface area contributed by atoms with Crippen molar-refractivity contribution in [3.8, 4) is 35.0 Å². The van der Waals surface area contributed by atoms with E-state index >= 15 is 8.78 Å². The minimum atomic E-state index is -0.973. The first kappa shape index (κ1) is 31.2. The molecule has 3 saturated heterocycles. The van der Waals surface area contributed by atoms with Crippen molar-refractivity contribution in [3.63, 3.8) is 0 Å². The monoisotopic (exact) mass is 695 g/mol. The van der Waals surface area contributed by atoms with E-state index in [4.69, 9.17) is 36.5 Å². The van der Waals surface area contributed by atoms with E-state index in [1.54, 1.807) is 0 Å². The molecule has 8 rings (SSSR count). The first-order valence-electron chi connectivity index (χ1n) is 15.7. The smallest absolute Gasteiger partial charge is 0.319 e. The van der Waals surface area contributed by atoms with Crippen LogP contribution >= 0.6 is 22.9 Å². The number of nitrogen functional groups attached to an aromatic ring is 1. The van der Waals surface area contributed by atoms with Crippen LogP contribution in [0.25, 0.3) is 32.1 Å². The van der Waals surface area contributed by atoms with E-state index in [9.17, 15) is 14.9 Å². The third-order valence-electron chi connectivity index (χ3n) is 10.1. The lowest BCUT2D eigenvalue weighted by Gasteiger charge is -2.36. The fourth-order valence-corrected chi connectivity index (χ4v) is 9.20. The summed E-state index contributed by atoms with van der Waals surface area (Å²) in [7, 11) is 0. The van der Waals surface area contributed by atoms with Gasteiger partial charge in [0.15, 0.2) is 11.6 Å². The normalized spacial score (nSPS) is 25.0. The van der Waals surface area contributed by atoms with Crippen LogP contribution in [0.2, 0.25) is 5.02 Å². The van der Waals surface area contributed by atoms with Crippen LogP contribution in [0.3, 0.4) is 0 Å². The van der Waals surface area contributed by atoms with Crippen LogP contribution in [0.5, 0.6) is 11.8 Å². The summed E-state index contributed by atoms with van der Waals surface area (Å²) in [5.41, 5.74) is 5.42. The van der Waals surface area contributed by atoms with Crippen molar-refractivity contribution < 1.29 is 27.4 Å². The van der Waals surface area contributed by atoms with Crippen molar-refractivity contribution in [1.82, 2.24) is 14.9 Å². The molecule has 10 nitrogen and oxygen atoms in total. The molecule has 4 aromatic rings. The van der Waals surface area contributed by atoms with Crippen LogP contribution in [0.1, 0.15) is 31.2 Å². The van der Waals surface area contributed by atoms with Gasteiger partial charge >= 0.3 is 6.01 Å². The lowest BCUT2D eigenvalue weighted by Crippen LogP contribution is -2.45. The van der Waals surface area contributed by atoms with E-state index in [-0.39, 0.29) is 103 Å². The van der Waals surface area contributed by atoms with Gasteiger partial charge in [0, 0.05) is 36.4 Å². The van der Waals surface area contributed by atoms with Gasteiger partial charge in [-0.25, -0.2) is 13.2 Å². The number of ether oxygens (including phenoxy) is 3. The van der Waals surface area contributed by atoms with E-state index < -0.39 is 23.3 Å². The Morgan fingerprint density at radius 1 is 1.19 bits per heavy atom. The molecule has 0 aliphatic carbocycles. The molecule has 0 spiro atoms. The highest BCUT2D eigenvalue weighted by Crippen LogP contribution is 2.51. The zero-order valence-electron chi connectivity index (χ0n) is 25.6. The summed E-state index contributed by atoms with van der Waals surface area (Å²) in [6.07, 6.45) is 1.16. The second kappa shape index (κ2) is 11.8. The largest absolute Gasteiger partial charge is 0.491 e. The number of benzene rings is 2. The summed E-state index contributed by atoms with van der Waals surface area (Å²) < 4.78 is 65.3. The Kier molecular flexibility index (Phi) is 7.68. The zero-order chi connectivity index (χ0) is 33.3. The molecule has 2 aromatic heterocycles. The number of thiophene rings is 1. The molecule has 0 saturated carbocycles. The van der Waals surface area contributed by atoms with Crippen molar-refractivity contribution in [2.24, 2.45) is 5.92 Å². The Bertz CT molecular complexity index is 2070. The topological polar surface area (TPSA) is 134 Å². The molecule has 0 radical (unpaired) electrons. The summed E-state index contributed by atoms with van der Waals surface area (Å²) in [6, 6.07) is 6.37. The van der Waals surface area contributed by atoms with Crippen molar-refractivity contribution in [1.29, 1.82) is 10.5 Å². The van der Waals surface area contributed by atoms with Gasteiger partial charge in [0.1, 0.15) is 41.0 Å². The van der Waals surface area contributed by atoms with E-state index in [0.717, 1.165) is 30.7 Å². The summed E-state index contributed by atoms with van der Waals surface area (Å²) >= 11 is 7.95. The summed E-state index contributed by atoms with van der Waals surface area (Å²) in [6.45, 7) is 2.35. The fraction of sp³-hybridized carbons (Fsp3) is 0.455. The number of alkyl halides is 1. The lowest BCUT2D eigenvalue weighted by atomic mass is 9.95. The molecule has 48 heavy (non-hydrogen) atoms. The van der Waals surface area contributed by atoms with Gasteiger partial charge in [-0.1, -0.05) is 17.7 Å². The van der Waals surface area contributed by atoms with Gasteiger partial charge in [0.05, 0.1) is 64.6 Å². The number of rotatable bonds is 6. The lowest BCUT2D eigenvalue weighted by molar-refractivity contribution is 0.107. The summed E-state index contributed by atoms with van der Waals surface area (Å²) in [5, 5.41) is 19.8. The first-order valence-corrected chi connectivity index (χ1v) is 16.9. The standard InChI is InChI=1S/C33H29ClF3N7O3S/c34-25-23(18-3-4-20(36)29-22(18)19(10-39)30(40)48-29)26(37)27-24-28(25)46-13-16-12-45-14-21(16)44(8-2-6-38)31(24)42-32(41-27)47-15-33-5-1-7-43(33)11-17(35)9-33/h3-4,16-17,21H,1-2,5,7-9,11-15,40H2/t16?,17-,21?,33+/m1/s1. The molecule has 4 atom stereocenters. The van der Waals surface area contributed by atoms with E-state index in [2.05, 4.69) is 16.0 Å². The average molecular weight is 696 g/mol. The number of aromatic nitrogens is 2. The highest BCUT2D eigenvalue weighted by atomic mass is 35.5. The van der Waals surface area contributed by atoms with Crippen molar-refractivity contribution in [2.75, 3.05) is 56.7 Å². The number of anilines is 2. The molecule has 2 N–H and O–H groups in total. The molecule has 4 aliphatic rings. The highest BCUT2D eigenvalue weighted by molar-refractivity contribution is 7.23. The van der Waals surface area contributed by atoms with Gasteiger partial charge in [-0.3, -0.25) is 4.90 Å². The maximum Gasteiger partial charge on any atom is 0.319 e. The second-order valence-electron chi connectivity index (χ2n) is 12.8. The third-order valence-corrected chi connectivity index (χ3v) is 11.5. The molecule has 0 bridgehead atoms. The van der Waals surface area contributed by atoms with Crippen molar-refractivity contribution >= 4 is 54.7 Å². The van der Waals surface area contributed by atoms with Crippen molar-refractivity contribution in [3.05, 3.63) is 34.4 Å². The molecule has 15 heteroatoms. The average Bonchev–Trinajstić information content (AvgIpc) is 3.83. The SMILES string of the molecule is N#CCCN1c2nc(OC[C@@]34CCCN3C[C@H](F)C4)nc3c(F)c(-c4ccc(F)c5sc(N)c(C#N)c45)c(Cl)c(c23)OCC2COCC21. The summed E-state index contributed by atoms with van der Waals surface area (Å²) in [4.78, 5) is 13.4. The van der Waals surface area contributed by atoms with Gasteiger partial charge in [-0.15, -0.1) is 11.3 Å². The van der Waals surface area contributed by atoms with Crippen LogP contribution in [-0.4, -0.2) is 78.7 Å². The number of fused-ring (bicyclic) bond motifs is 3. The number of hydrogen-bond donors (Lipinski definition) is 1. The molecule has 2 unspecified atom stereocenters. The Hall–Kier alpha value is -4.08. The van der Waals surface area contributed by atoms with Gasteiger partial charge < -0.3 is 24.8 Å². The van der Waals surface area contributed by atoms with E-state index in [1.807, 2.05) is 11.0 Å². The number of nitrogens with two attached hydrogens (primary N) is 1. The second-order valence-corrected chi connectivity index (χ2v) is 14.2. The van der Waals surface area contributed by atoms with E-state index in [0.29, 0.717) is 26.2 Å². The van der Waals surface area contributed by atoms with Crippen LogP contribution in [0, 0.1) is 40.2 Å². The quantitative estimate of drug-likeness (QED) is 0.257. The van der Waals surface area contributed by atoms with E-state index in [1.165, 1.54) is 12.1 Å². The minimum absolute atomic E-state index is 0.00720. The van der Waals surface area contributed by atoms with Crippen LogP contribution < -0.4 is 20.1 Å². The van der Waals surface area contributed by atoms with Gasteiger partial charge in [0.2, 0.25) is 0 Å². The number of hydrogen-bond acceptors (Lipinski definition) is 11. The molecule has 2 aromatic carbocycles. The molecular weight excluding hydrogens is 667 g/mol. The summed E-state index contributed by atoms with van der Waals surface area (Å²) in [5.74, 6) is -1.24. The number of nitrogens with zero attached hydrogens (tertiary/aromatic N) is 6. The van der Waals surface area contributed by atoms with Crippen molar-refractivity contribution in [2.45, 2.75) is 43.4 Å². The molecule has 3 fully saturated rings. The maximum atomic E-state index is 17.2. The molecule has 4 aliphatic heterocycles.